The summed E-state index contributed by atoms with van der Waals surface area (Å²) in [5.74, 6) is -4.05. The van der Waals surface area contributed by atoms with Crippen LogP contribution in [0, 0.1) is 11.8 Å². The van der Waals surface area contributed by atoms with Gasteiger partial charge in [-0.3, -0.25) is 38.4 Å². The molecule has 3 heterocycles. The van der Waals surface area contributed by atoms with Gasteiger partial charge in [-0.2, -0.15) is 0 Å². The van der Waals surface area contributed by atoms with Crippen molar-refractivity contribution in [2.24, 2.45) is 11.8 Å². The van der Waals surface area contributed by atoms with Gasteiger partial charge in [0.05, 0.1) is 0 Å². The van der Waals surface area contributed by atoms with Gasteiger partial charge in [-0.25, -0.2) is 0 Å². The van der Waals surface area contributed by atoms with Gasteiger partial charge in [-0.1, -0.05) is 88.4 Å². The molecule has 8 atom stereocenters. The van der Waals surface area contributed by atoms with Crippen LogP contribution < -0.4 is 10.6 Å². The standard InChI is InChI=1S/C50H72N8O8/c1-31(2)27-41-49(65)53(7)39(29-35-19-13-11-14-20-35)43(59)51-34(6)46(62)58-26-18-24-38(58)48(64)56(10)42(28-32(3)4)50(66)54(8)40(30-36-21-15-12-16-22-36)44(60)52-33(5)45(61)57-25-17-23-37(57)47(63)55(41)9/h11-16,19-22,31-34,37-42H,17-18,23-30H2,1-10H3,(H,51,59)(H,52,60)/t33-,34-,37-,38-,39+,40+,41+,42+/m1/s1. The predicted octanol–water partition coefficient (Wildman–Crippen LogP) is 2.88. The van der Waals surface area contributed by atoms with Crippen molar-refractivity contribution in [1.82, 2.24) is 40.0 Å². The summed E-state index contributed by atoms with van der Waals surface area (Å²) in [6, 6.07) is 10.2. The topological polar surface area (TPSA) is 180 Å². The lowest BCUT2D eigenvalue weighted by Gasteiger charge is -2.39. The predicted molar refractivity (Wildman–Crippen MR) is 250 cm³/mol. The highest BCUT2D eigenvalue weighted by atomic mass is 16.2. The summed E-state index contributed by atoms with van der Waals surface area (Å²) in [4.78, 5) is 125. The average Bonchev–Trinajstić information content (AvgIpc) is 4.00. The molecule has 2 aromatic rings. The molecule has 16 nitrogen and oxygen atoms in total. The van der Waals surface area contributed by atoms with Crippen molar-refractivity contribution in [3.05, 3.63) is 71.8 Å². The van der Waals surface area contributed by atoms with Gasteiger partial charge in [0.15, 0.2) is 0 Å². The molecule has 0 spiro atoms. The number of hydrogen-bond acceptors (Lipinski definition) is 8. The summed E-state index contributed by atoms with van der Waals surface area (Å²) in [6.45, 7) is 11.3. The highest BCUT2D eigenvalue weighted by Crippen LogP contribution is 2.27. The number of carbonyl (C=O) groups excluding carboxylic acids is 8. The molecule has 3 fully saturated rings. The fourth-order valence-corrected chi connectivity index (χ4v) is 9.60. The molecule has 3 aliphatic heterocycles. The van der Waals surface area contributed by atoms with Crippen molar-refractivity contribution >= 4 is 47.3 Å². The molecule has 360 valence electrons. The zero-order chi connectivity index (χ0) is 48.6. The fraction of sp³-hybridized carbons (Fsp3) is 0.600. The smallest absolute Gasteiger partial charge is 0.245 e. The highest BCUT2D eigenvalue weighted by molar-refractivity contribution is 5.99. The molecular formula is C50H72N8O8. The van der Waals surface area contributed by atoms with E-state index in [2.05, 4.69) is 10.6 Å². The number of rotatable bonds is 8. The van der Waals surface area contributed by atoms with Gasteiger partial charge in [0.1, 0.15) is 48.3 Å². The zero-order valence-electron chi connectivity index (χ0n) is 40.6. The molecule has 2 aromatic carbocycles. The van der Waals surface area contributed by atoms with Crippen LogP contribution in [-0.4, -0.2) is 166 Å². The lowest BCUT2D eigenvalue weighted by molar-refractivity contribution is -0.153. The van der Waals surface area contributed by atoms with E-state index in [4.69, 9.17) is 0 Å². The molecule has 0 radical (unpaired) electrons. The summed E-state index contributed by atoms with van der Waals surface area (Å²) < 4.78 is 0. The van der Waals surface area contributed by atoms with E-state index in [0.29, 0.717) is 25.7 Å². The lowest BCUT2D eigenvalue weighted by atomic mass is 9.98. The molecule has 2 N–H and O–H groups in total. The number of nitrogens with zero attached hydrogens (tertiary/aromatic N) is 6. The number of nitrogens with one attached hydrogen (secondary N) is 2. The van der Waals surface area contributed by atoms with Crippen molar-refractivity contribution in [2.45, 2.75) is 141 Å². The van der Waals surface area contributed by atoms with Crippen LogP contribution in [0.15, 0.2) is 60.7 Å². The molecule has 0 unspecified atom stereocenters. The molecule has 5 rings (SSSR count). The van der Waals surface area contributed by atoms with Crippen LogP contribution in [0.4, 0.5) is 0 Å². The Kier molecular flexibility index (Phi) is 17.5. The fourth-order valence-electron chi connectivity index (χ4n) is 9.60. The Morgan fingerprint density at radius 1 is 0.470 bits per heavy atom. The normalized spacial score (nSPS) is 27.4. The van der Waals surface area contributed by atoms with Crippen LogP contribution in [0.2, 0.25) is 0 Å². The van der Waals surface area contributed by atoms with Gasteiger partial charge in [-0.05, 0) is 75.3 Å². The maximum Gasteiger partial charge on any atom is 0.245 e. The van der Waals surface area contributed by atoms with E-state index < -0.39 is 95.6 Å². The number of benzene rings is 2. The van der Waals surface area contributed by atoms with Crippen LogP contribution in [0.5, 0.6) is 0 Å². The first kappa shape index (κ1) is 51.2. The molecule has 66 heavy (non-hydrogen) atoms. The van der Waals surface area contributed by atoms with E-state index in [1.165, 1.54) is 43.5 Å². The minimum atomic E-state index is -1.10. The van der Waals surface area contributed by atoms with Gasteiger partial charge in [0.2, 0.25) is 47.3 Å². The van der Waals surface area contributed by atoms with Crippen molar-refractivity contribution in [2.75, 3.05) is 41.3 Å². The summed E-state index contributed by atoms with van der Waals surface area (Å²) in [7, 11) is 6.14. The van der Waals surface area contributed by atoms with Crippen LogP contribution in [-0.2, 0) is 51.2 Å². The first-order chi connectivity index (χ1) is 31.2. The Balaban J connectivity index is 1.58. The van der Waals surface area contributed by atoms with Crippen molar-refractivity contribution in [3.8, 4) is 0 Å². The largest absolute Gasteiger partial charge is 0.343 e. The summed E-state index contributed by atoms with van der Waals surface area (Å²) >= 11 is 0. The molecule has 3 aliphatic rings. The van der Waals surface area contributed by atoms with E-state index in [0.717, 1.165) is 11.1 Å². The van der Waals surface area contributed by atoms with Crippen molar-refractivity contribution in [3.63, 3.8) is 0 Å². The van der Waals surface area contributed by atoms with Gasteiger partial charge < -0.3 is 40.0 Å². The molecular weight excluding hydrogens is 841 g/mol. The van der Waals surface area contributed by atoms with E-state index in [1.54, 1.807) is 27.9 Å². The maximum absolute atomic E-state index is 14.8. The van der Waals surface area contributed by atoms with Crippen molar-refractivity contribution in [1.29, 1.82) is 0 Å². The van der Waals surface area contributed by atoms with E-state index in [-0.39, 0.29) is 50.6 Å². The van der Waals surface area contributed by atoms with Gasteiger partial charge in [-0.15, -0.1) is 0 Å². The minimum absolute atomic E-state index is 0.0466. The monoisotopic (exact) mass is 913 g/mol. The average molecular weight is 913 g/mol. The minimum Gasteiger partial charge on any atom is -0.343 e. The molecule has 0 aliphatic carbocycles. The number of amides is 8. The molecule has 16 heteroatoms. The van der Waals surface area contributed by atoms with Crippen molar-refractivity contribution < 1.29 is 38.4 Å². The van der Waals surface area contributed by atoms with E-state index in [9.17, 15) is 38.4 Å². The Labute approximate surface area is 390 Å². The molecule has 8 amide bonds. The second-order valence-corrected chi connectivity index (χ2v) is 19.3. The Morgan fingerprint density at radius 2 is 0.788 bits per heavy atom. The lowest BCUT2D eigenvalue weighted by Crippen LogP contribution is -2.61. The SMILES string of the molecule is CC(C)C[C@H]1C(=O)N(C)[C@@H](Cc2ccccc2)C(=O)N[C@H](C)C(=O)N2CCC[C@@H]2C(=O)N(C)[C@@H](CC(C)C)C(=O)N(C)[C@@H](Cc2ccccc2)C(=O)N[C@H](C)C(=O)N2CCC[C@@H]2C(=O)N1C. The zero-order valence-corrected chi connectivity index (χ0v) is 40.6. The molecule has 0 saturated carbocycles. The highest BCUT2D eigenvalue weighted by Gasteiger charge is 2.45. The van der Waals surface area contributed by atoms with Gasteiger partial charge >= 0.3 is 0 Å². The third-order valence-electron chi connectivity index (χ3n) is 13.5. The quantitative estimate of drug-likeness (QED) is 0.406. The number of fused-ring (bicyclic) bond motifs is 2. The maximum atomic E-state index is 14.8. The first-order valence-corrected chi connectivity index (χ1v) is 23.6. The summed E-state index contributed by atoms with van der Waals surface area (Å²) in [6.07, 6.45) is 2.46. The number of carbonyl (C=O) groups is 8. The Hall–Kier alpha value is -5.80. The van der Waals surface area contributed by atoms with E-state index >= 15 is 0 Å². The summed E-state index contributed by atoms with van der Waals surface area (Å²) in [5.41, 5.74) is 1.54. The first-order valence-electron chi connectivity index (χ1n) is 23.6. The summed E-state index contributed by atoms with van der Waals surface area (Å²) in [5, 5.41) is 5.72. The molecule has 0 bridgehead atoms. The second-order valence-electron chi connectivity index (χ2n) is 19.3. The van der Waals surface area contributed by atoms with Gasteiger partial charge in [0.25, 0.3) is 0 Å². The third-order valence-corrected chi connectivity index (χ3v) is 13.5. The van der Waals surface area contributed by atoms with Crippen LogP contribution >= 0.6 is 0 Å². The van der Waals surface area contributed by atoms with E-state index in [1.807, 2.05) is 88.4 Å². The van der Waals surface area contributed by atoms with Crippen LogP contribution in [0.25, 0.3) is 0 Å². The number of likely N-dealkylation sites (N-methyl/N-ethyl adjacent to an activating group) is 4. The second kappa shape index (κ2) is 22.6. The van der Waals surface area contributed by atoms with Crippen LogP contribution in [0.3, 0.4) is 0 Å². The Bertz CT molecular complexity index is 1920. The van der Waals surface area contributed by atoms with Crippen LogP contribution in [0.1, 0.15) is 91.2 Å². The number of hydrogen-bond donors (Lipinski definition) is 2. The van der Waals surface area contributed by atoms with Gasteiger partial charge in [0, 0.05) is 54.1 Å². The molecule has 0 aromatic heterocycles. The molecule has 3 saturated heterocycles. The third kappa shape index (κ3) is 12.0. The Morgan fingerprint density at radius 3 is 1.11 bits per heavy atom.